The summed E-state index contributed by atoms with van der Waals surface area (Å²) in [4.78, 5) is 29.4. The second-order valence-electron chi connectivity index (χ2n) is 8.47. The van der Waals surface area contributed by atoms with Crippen LogP contribution in [0, 0.1) is 18.7 Å². The number of carbonyl (C=O) groups excluding carboxylic acids is 2. The highest BCUT2D eigenvalue weighted by Crippen LogP contribution is 2.37. The topological polar surface area (TPSA) is 58.6 Å². The lowest BCUT2D eigenvalue weighted by atomic mass is 9.95. The van der Waals surface area contributed by atoms with Crippen molar-refractivity contribution in [3.8, 4) is 16.2 Å². The van der Waals surface area contributed by atoms with Gasteiger partial charge in [-0.3, -0.25) is 9.59 Å². The van der Waals surface area contributed by atoms with Gasteiger partial charge in [0.15, 0.2) is 0 Å². The number of nitrogens with one attached hydrogen (secondary N) is 1. The van der Waals surface area contributed by atoms with Crippen molar-refractivity contribution in [2.75, 3.05) is 19.7 Å². The van der Waals surface area contributed by atoms with Gasteiger partial charge in [0.2, 0.25) is 5.91 Å². The average Bonchev–Trinajstić information content (AvgIpc) is 3.29. The normalized spacial score (nSPS) is 14.1. The number of rotatable bonds is 7. The zero-order valence-corrected chi connectivity index (χ0v) is 20.3. The molecule has 4 rings (SSSR count). The molecule has 1 aliphatic heterocycles. The Morgan fingerprint density at radius 1 is 1.12 bits per heavy atom. The van der Waals surface area contributed by atoms with Crippen LogP contribution in [0.15, 0.2) is 54.6 Å². The first kappa shape index (κ1) is 24.0. The molecule has 1 saturated heterocycles. The molecule has 1 N–H and O–H groups in total. The van der Waals surface area contributed by atoms with E-state index < -0.39 is 0 Å². The van der Waals surface area contributed by atoms with E-state index in [0.717, 1.165) is 16.0 Å². The zero-order valence-electron chi connectivity index (χ0n) is 19.5. The number of benzene rings is 2. The Bertz CT molecular complexity index is 1150. The molecule has 5 nitrogen and oxygen atoms in total. The molecule has 3 aromatic rings. The average molecular weight is 481 g/mol. The van der Waals surface area contributed by atoms with E-state index in [1.54, 1.807) is 13.0 Å². The molecule has 1 fully saturated rings. The minimum Gasteiger partial charge on any atom is -0.492 e. The number of piperidine rings is 1. The largest absolute Gasteiger partial charge is 0.492 e. The molecule has 0 atom stereocenters. The van der Waals surface area contributed by atoms with Crippen LogP contribution in [-0.2, 0) is 11.3 Å². The van der Waals surface area contributed by atoms with Crippen LogP contribution < -0.4 is 10.1 Å². The third-order valence-corrected chi connectivity index (χ3v) is 7.26. The Morgan fingerprint density at radius 3 is 2.53 bits per heavy atom. The van der Waals surface area contributed by atoms with Crippen LogP contribution in [0.3, 0.4) is 0 Å². The van der Waals surface area contributed by atoms with Gasteiger partial charge in [-0.1, -0.05) is 42.5 Å². The van der Waals surface area contributed by atoms with Crippen molar-refractivity contribution in [1.29, 1.82) is 0 Å². The fraction of sp³-hybridized carbons (Fsp3) is 0.333. The summed E-state index contributed by atoms with van der Waals surface area (Å²) >= 11 is 1.44. The summed E-state index contributed by atoms with van der Waals surface area (Å²) in [6, 6.07) is 16.9. The van der Waals surface area contributed by atoms with E-state index in [4.69, 9.17) is 4.74 Å². The number of thiophene rings is 1. The van der Waals surface area contributed by atoms with Crippen molar-refractivity contribution in [3.05, 3.63) is 76.4 Å². The molecule has 1 aliphatic rings. The molecule has 0 saturated carbocycles. The quantitative estimate of drug-likeness (QED) is 0.491. The maximum Gasteiger partial charge on any atom is 0.267 e. The van der Waals surface area contributed by atoms with Crippen molar-refractivity contribution in [3.63, 3.8) is 0 Å². The Labute approximate surface area is 203 Å². The highest BCUT2D eigenvalue weighted by atomic mass is 32.1. The van der Waals surface area contributed by atoms with Gasteiger partial charge in [-0.15, -0.1) is 11.3 Å². The van der Waals surface area contributed by atoms with Crippen molar-refractivity contribution < 1.29 is 18.7 Å². The molecule has 7 heteroatoms. The van der Waals surface area contributed by atoms with E-state index >= 15 is 0 Å². The van der Waals surface area contributed by atoms with Gasteiger partial charge in [-0.25, -0.2) is 4.39 Å². The van der Waals surface area contributed by atoms with Crippen molar-refractivity contribution in [2.45, 2.75) is 33.2 Å². The van der Waals surface area contributed by atoms with Gasteiger partial charge in [0.1, 0.15) is 16.4 Å². The summed E-state index contributed by atoms with van der Waals surface area (Å²) in [7, 11) is 0. The number of hydrogen-bond donors (Lipinski definition) is 1. The fourth-order valence-electron chi connectivity index (χ4n) is 4.10. The van der Waals surface area contributed by atoms with Gasteiger partial charge in [0, 0.05) is 30.4 Å². The molecule has 1 aromatic heterocycles. The van der Waals surface area contributed by atoms with Gasteiger partial charge in [-0.2, -0.15) is 0 Å². The third kappa shape index (κ3) is 5.47. The van der Waals surface area contributed by atoms with Gasteiger partial charge in [0.25, 0.3) is 5.91 Å². The lowest BCUT2D eigenvalue weighted by molar-refractivity contribution is -0.126. The molecule has 0 radical (unpaired) electrons. The number of hydrogen-bond acceptors (Lipinski definition) is 4. The molecule has 2 heterocycles. The van der Waals surface area contributed by atoms with E-state index in [1.807, 2.05) is 54.3 Å². The van der Waals surface area contributed by atoms with E-state index in [1.165, 1.54) is 17.4 Å². The molecule has 2 amide bonds. The smallest absolute Gasteiger partial charge is 0.267 e. The summed E-state index contributed by atoms with van der Waals surface area (Å²) in [6.45, 7) is 5.43. The van der Waals surface area contributed by atoms with Gasteiger partial charge < -0.3 is 15.0 Å². The first-order valence-electron chi connectivity index (χ1n) is 11.6. The number of likely N-dealkylation sites (tertiary alicyclic amines) is 1. The SMILES string of the molecule is CCOc1cc(-c2ccccc2)sc1C(=O)N1CCC(C(=O)NCc2ccc(C)c(F)c2)CC1. The predicted octanol–water partition coefficient (Wildman–Crippen LogP) is 5.43. The van der Waals surface area contributed by atoms with Crippen LogP contribution in [0.1, 0.15) is 40.6 Å². The minimum atomic E-state index is -0.269. The predicted molar refractivity (Wildman–Crippen MR) is 133 cm³/mol. The lowest BCUT2D eigenvalue weighted by Crippen LogP contribution is -2.42. The molecule has 2 aromatic carbocycles. The number of ether oxygens (including phenoxy) is 1. The number of nitrogens with zero attached hydrogens (tertiary/aromatic N) is 1. The van der Waals surface area contributed by atoms with Crippen LogP contribution in [0.5, 0.6) is 5.75 Å². The lowest BCUT2D eigenvalue weighted by Gasteiger charge is -2.31. The zero-order chi connectivity index (χ0) is 24.1. The molecule has 178 valence electrons. The Kier molecular flexibility index (Phi) is 7.63. The third-order valence-electron chi connectivity index (χ3n) is 6.11. The maximum atomic E-state index is 13.7. The number of halogens is 1. The van der Waals surface area contributed by atoms with Gasteiger partial charge >= 0.3 is 0 Å². The molecule has 34 heavy (non-hydrogen) atoms. The van der Waals surface area contributed by atoms with Gasteiger partial charge in [0.05, 0.1) is 6.61 Å². The van der Waals surface area contributed by atoms with Crippen LogP contribution in [0.2, 0.25) is 0 Å². The summed E-state index contributed by atoms with van der Waals surface area (Å²) < 4.78 is 19.5. The second-order valence-corrected chi connectivity index (χ2v) is 9.52. The number of carbonyl (C=O) groups is 2. The first-order chi connectivity index (χ1) is 16.5. The maximum absolute atomic E-state index is 13.7. The van der Waals surface area contributed by atoms with Crippen LogP contribution in [0.4, 0.5) is 4.39 Å². The van der Waals surface area contributed by atoms with Crippen LogP contribution in [0.25, 0.3) is 10.4 Å². The highest BCUT2D eigenvalue weighted by Gasteiger charge is 2.30. The summed E-state index contributed by atoms with van der Waals surface area (Å²) in [5.74, 6) is 0.0830. The van der Waals surface area contributed by atoms with E-state index in [9.17, 15) is 14.0 Å². The Morgan fingerprint density at radius 2 is 1.85 bits per heavy atom. The number of amides is 2. The van der Waals surface area contributed by atoms with Crippen molar-refractivity contribution in [1.82, 2.24) is 10.2 Å². The number of aryl methyl sites for hydroxylation is 1. The van der Waals surface area contributed by atoms with Crippen LogP contribution in [-0.4, -0.2) is 36.4 Å². The van der Waals surface area contributed by atoms with E-state index in [0.29, 0.717) is 55.3 Å². The molecular formula is C27H29FN2O3S. The minimum absolute atomic E-state index is 0.0504. The van der Waals surface area contributed by atoms with Crippen molar-refractivity contribution in [2.24, 2.45) is 5.92 Å². The second kappa shape index (κ2) is 10.8. The Balaban J connectivity index is 1.36. The van der Waals surface area contributed by atoms with E-state index in [2.05, 4.69) is 5.32 Å². The molecular weight excluding hydrogens is 451 g/mol. The Hall–Kier alpha value is -3.19. The summed E-state index contributed by atoms with van der Waals surface area (Å²) in [5, 5.41) is 2.91. The first-order valence-corrected chi connectivity index (χ1v) is 12.4. The summed E-state index contributed by atoms with van der Waals surface area (Å²) in [6.07, 6.45) is 1.20. The van der Waals surface area contributed by atoms with Crippen molar-refractivity contribution >= 4 is 23.2 Å². The monoisotopic (exact) mass is 480 g/mol. The molecule has 0 bridgehead atoms. The molecule has 0 unspecified atom stereocenters. The standard InChI is InChI=1S/C27H29FN2O3S/c1-3-33-23-16-24(20-7-5-4-6-8-20)34-25(23)27(32)30-13-11-21(12-14-30)26(31)29-17-19-10-9-18(2)22(28)15-19/h4-10,15-16,21H,3,11-14,17H2,1-2H3,(H,29,31). The summed E-state index contributed by atoms with van der Waals surface area (Å²) in [5.41, 5.74) is 2.37. The molecule has 0 aliphatic carbocycles. The van der Waals surface area contributed by atoms with Crippen LogP contribution >= 0.6 is 11.3 Å². The van der Waals surface area contributed by atoms with Gasteiger partial charge in [-0.05, 0) is 55.5 Å². The van der Waals surface area contributed by atoms with E-state index in [-0.39, 0.29) is 23.5 Å². The highest BCUT2D eigenvalue weighted by molar-refractivity contribution is 7.17. The molecule has 0 spiro atoms. The fourth-order valence-corrected chi connectivity index (χ4v) is 5.17.